The second-order valence-electron chi connectivity index (χ2n) is 11.7. The highest BCUT2D eigenvalue weighted by molar-refractivity contribution is 5.92. The molecule has 0 saturated heterocycles. The molecule has 240 valence electrons. The number of carbonyl (C=O) groups is 5. The highest BCUT2D eigenvalue weighted by Crippen LogP contribution is 2.29. The number of guanidine groups is 1. The molecule has 0 aromatic rings. The summed E-state index contributed by atoms with van der Waals surface area (Å²) in [4.78, 5) is 65.9. The predicted molar refractivity (Wildman–Crippen MR) is 159 cm³/mol. The minimum atomic E-state index is -1.18. The van der Waals surface area contributed by atoms with Crippen LogP contribution in [0.5, 0.6) is 0 Å². The third kappa shape index (κ3) is 14.5. The molecular formula is C28H52N8O6. The van der Waals surface area contributed by atoms with Gasteiger partial charge in [0, 0.05) is 25.8 Å². The normalized spacial score (nSPS) is 17.3. The van der Waals surface area contributed by atoms with Gasteiger partial charge in [0.15, 0.2) is 5.96 Å². The standard InChI is InChI=1S/C28H52N8O6/c1-16(2)19(15-23(38)22(34-17(3)37)14-18-8-5-4-6-9-18)26(41)36-21(11-12-24(29)39)27(42)35-20(25(30)40)10-7-13-33-28(31)32/h16,18-23,38H,4-15H2,1-3H3,(H2,29,39)(H2,30,40)(H,34,37)(H,35,42)(H,36,41)(H4,31,32,33)/t19-,20-,21-,22-,23-/m0/s1. The average molecular weight is 597 g/mol. The van der Waals surface area contributed by atoms with Crippen molar-refractivity contribution in [3.05, 3.63) is 0 Å². The molecule has 1 aliphatic carbocycles. The summed E-state index contributed by atoms with van der Waals surface area (Å²) in [7, 11) is 0. The van der Waals surface area contributed by atoms with E-state index in [1.54, 1.807) is 0 Å². The van der Waals surface area contributed by atoms with Crippen molar-refractivity contribution in [1.82, 2.24) is 16.0 Å². The Kier molecular flexibility index (Phi) is 16.5. The Bertz CT molecular complexity index is 933. The van der Waals surface area contributed by atoms with Crippen LogP contribution in [0.1, 0.15) is 91.4 Å². The lowest BCUT2D eigenvalue weighted by atomic mass is 9.81. The monoisotopic (exact) mass is 596 g/mol. The van der Waals surface area contributed by atoms with Crippen LogP contribution in [0, 0.1) is 17.8 Å². The van der Waals surface area contributed by atoms with Gasteiger partial charge < -0.3 is 44.0 Å². The third-order valence-electron chi connectivity index (χ3n) is 7.72. The van der Waals surface area contributed by atoms with Crippen molar-refractivity contribution in [3.63, 3.8) is 0 Å². The number of nitrogens with one attached hydrogen (secondary N) is 3. The predicted octanol–water partition coefficient (Wildman–Crippen LogP) is -0.741. The minimum Gasteiger partial charge on any atom is -0.391 e. The molecule has 1 aliphatic rings. The molecular weight excluding hydrogens is 544 g/mol. The highest BCUT2D eigenvalue weighted by Gasteiger charge is 2.34. The largest absolute Gasteiger partial charge is 0.391 e. The summed E-state index contributed by atoms with van der Waals surface area (Å²) < 4.78 is 0. The molecule has 42 heavy (non-hydrogen) atoms. The van der Waals surface area contributed by atoms with E-state index in [0.717, 1.165) is 25.7 Å². The first-order valence-corrected chi connectivity index (χ1v) is 14.9. The quantitative estimate of drug-likeness (QED) is 0.0533. The minimum absolute atomic E-state index is 0.0556. The summed E-state index contributed by atoms with van der Waals surface area (Å²) in [5.74, 6) is -3.56. The number of hydrogen-bond acceptors (Lipinski definition) is 7. The van der Waals surface area contributed by atoms with E-state index in [1.807, 2.05) is 13.8 Å². The topological polar surface area (TPSA) is 258 Å². The molecule has 0 heterocycles. The molecule has 0 spiro atoms. The summed E-state index contributed by atoms with van der Waals surface area (Å²) >= 11 is 0. The Morgan fingerprint density at radius 2 is 1.50 bits per heavy atom. The Hall–Kier alpha value is -3.42. The first-order chi connectivity index (χ1) is 19.7. The zero-order valence-electron chi connectivity index (χ0n) is 25.3. The molecule has 14 nitrogen and oxygen atoms in total. The van der Waals surface area contributed by atoms with E-state index in [-0.39, 0.29) is 50.0 Å². The number of nitrogens with two attached hydrogens (primary N) is 4. The zero-order valence-corrected chi connectivity index (χ0v) is 25.3. The van der Waals surface area contributed by atoms with Gasteiger partial charge in [-0.3, -0.25) is 29.0 Å². The maximum absolute atomic E-state index is 13.5. The summed E-state index contributed by atoms with van der Waals surface area (Å²) in [6.07, 6.45) is 5.39. The molecule has 0 bridgehead atoms. The molecule has 14 heteroatoms. The SMILES string of the molecule is CC(=O)N[C@@H](CC1CCCCC1)[C@@H](O)C[C@H](C(=O)N[C@@H](CCC(N)=O)C(=O)N[C@@H](CCCN=C(N)N)C(N)=O)C(C)C. The lowest BCUT2D eigenvalue weighted by Crippen LogP contribution is -2.54. The molecule has 0 unspecified atom stereocenters. The van der Waals surface area contributed by atoms with Crippen LogP contribution in [-0.2, 0) is 24.0 Å². The molecule has 0 aromatic heterocycles. The van der Waals surface area contributed by atoms with Crippen LogP contribution in [0.15, 0.2) is 4.99 Å². The lowest BCUT2D eigenvalue weighted by Gasteiger charge is -2.32. The summed E-state index contributed by atoms with van der Waals surface area (Å²) in [6.45, 7) is 5.27. The fourth-order valence-corrected chi connectivity index (χ4v) is 5.36. The number of nitrogens with zero attached hydrogens (tertiary/aromatic N) is 1. The third-order valence-corrected chi connectivity index (χ3v) is 7.72. The van der Waals surface area contributed by atoms with Gasteiger partial charge in [0.05, 0.1) is 12.1 Å². The van der Waals surface area contributed by atoms with Crippen molar-refractivity contribution in [3.8, 4) is 0 Å². The van der Waals surface area contributed by atoms with Gasteiger partial charge in [-0.1, -0.05) is 46.0 Å². The summed E-state index contributed by atoms with van der Waals surface area (Å²) in [5.41, 5.74) is 21.4. The number of aliphatic hydroxyl groups excluding tert-OH is 1. The number of aliphatic hydroxyl groups is 1. The maximum Gasteiger partial charge on any atom is 0.243 e. The van der Waals surface area contributed by atoms with Crippen LogP contribution in [0.3, 0.4) is 0 Å². The maximum atomic E-state index is 13.5. The smallest absolute Gasteiger partial charge is 0.243 e. The Morgan fingerprint density at radius 3 is 2.02 bits per heavy atom. The molecule has 1 rings (SSSR count). The van der Waals surface area contributed by atoms with E-state index in [2.05, 4.69) is 20.9 Å². The van der Waals surface area contributed by atoms with Crippen molar-refractivity contribution in [2.24, 2.45) is 45.7 Å². The lowest BCUT2D eigenvalue weighted by molar-refractivity contribution is -0.134. The van der Waals surface area contributed by atoms with Gasteiger partial charge in [-0.15, -0.1) is 0 Å². The fourth-order valence-electron chi connectivity index (χ4n) is 5.36. The number of primary amides is 2. The van der Waals surface area contributed by atoms with Crippen LogP contribution < -0.4 is 38.9 Å². The first-order valence-electron chi connectivity index (χ1n) is 14.9. The number of rotatable bonds is 19. The second kappa shape index (κ2) is 18.9. The van der Waals surface area contributed by atoms with E-state index < -0.39 is 53.8 Å². The van der Waals surface area contributed by atoms with E-state index in [4.69, 9.17) is 22.9 Å². The van der Waals surface area contributed by atoms with Crippen LogP contribution >= 0.6 is 0 Å². The average Bonchev–Trinajstić information content (AvgIpc) is 2.90. The van der Waals surface area contributed by atoms with Crippen molar-refractivity contribution in [2.45, 2.75) is 116 Å². The Morgan fingerprint density at radius 1 is 0.881 bits per heavy atom. The van der Waals surface area contributed by atoms with Gasteiger partial charge >= 0.3 is 0 Å². The summed E-state index contributed by atoms with van der Waals surface area (Å²) in [5, 5.41) is 19.3. The number of amides is 5. The molecule has 0 aliphatic heterocycles. The molecule has 1 saturated carbocycles. The van der Waals surface area contributed by atoms with E-state index in [1.165, 1.54) is 13.3 Å². The van der Waals surface area contributed by atoms with Gasteiger partial charge in [0.2, 0.25) is 29.5 Å². The molecule has 5 amide bonds. The van der Waals surface area contributed by atoms with Gasteiger partial charge in [-0.2, -0.15) is 0 Å². The highest BCUT2D eigenvalue weighted by atomic mass is 16.3. The Labute approximate surface area is 248 Å². The van der Waals surface area contributed by atoms with Crippen molar-refractivity contribution in [2.75, 3.05) is 6.54 Å². The molecule has 1 fully saturated rings. The molecule has 5 atom stereocenters. The van der Waals surface area contributed by atoms with Gasteiger partial charge in [0.1, 0.15) is 12.1 Å². The van der Waals surface area contributed by atoms with E-state index in [9.17, 15) is 29.1 Å². The molecule has 0 radical (unpaired) electrons. The fraction of sp³-hybridized carbons (Fsp3) is 0.786. The van der Waals surface area contributed by atoms with E-state index >= 15 is 0 Å². The first kappa shape index (κ1) is 36.6. The van der Waals surface area contributed by atoms with Gasteiger partial charge in [0.25, 0.3) is 0 Å². The second-order valence-corrected chi connectivity index (χ2v) is 11.7. The number of carbonyl (C=O) groups excluding carboxylic acids is 5. The van der Waals surface area contributed by atoms with Crippen LogP contribution in [0.2, 0.25) is 0 Å². The van der Waals surface area contributed by atoms with Crippen LogP contribution in [0.4, 0.5) is 0 Å². The number of aliphatic imine (C=N–C) groups is 1. The van der Waals surface area contributed by atoms with Crippen molar-refractivity contribution >= 4 is 35.5 Å². The summed E-state index contributed by atoms with van der Waals surface area (Å²) in [6, 6.07) is -2.75. The van der Waals surface area contributed by atoms with Crippen LogP contribution in [-0.4, -0.2) is 71.4 Å². The van der Waals surface area contributed by atoms with Crippen LogP contribution in [0.25, 0.3) is 0 Å². The Balaban J connectivity index is 3.00. The van der Waals surface area contributed by atoms with Gasteiger partial charge in [-0.25, -0.2) is 0 Å². The number of hydrogen-bond donors (Lipinski definition) is 8. The van der Waals surface area contributed by atoms with Crippen molar-refractivity contribution in [1.29, 1.82) is 0 Å². The van der Waals surface area contributed by atoms with Gasteiger partial charge in [-0.05, 0) is 43.9 Å². The van der Waals surface area contributed by atoms with Crippen molar-refractivity contribution < 1.29 is 29.1 Å². The van der Waals surface area contributed by atoms with E-state index in [0.29, 0.717) is 18.8 Å². The molecule has 0 aromatic carbocycles. The molecule has 12 N–H and O–H groups in total. The zero-order chi connectivity index (χ0) is 31.8.